The normalized spacial score (nSPS) is 10.9. The number of carboxylic acids is 1. The van der Waals surface area contributed by atoms with Crippen LogP contribution in [-0.4, -0.2) is 21.0 Å². The molecular weight excluding hydrogens is 276 g/mol. The van der Waals surface area contributed by atoms with Gasteiger partial charge < -0.3 is 10.1 Å². The summed E-state index contributed by atoms with van der Waals surface area (Å²) in [4.78, 5) is 18.8. The Morgan fingerprint density at radius 3 is 2.85 bits per heavy atom. The van der Waals surface area contributed by atoms with Crippen LogP contribution < -0.4 is 0 Å². The van der Waals surface area contributed by atoms with Gasteiger partial charge in [0.15, 0.2) is 0 Å². The summed E-state index contributed by atoms with van der Waals surface area (Å²) in [6.45, 7) is 1.96. The van der Waals surface area contributed by atoms with E-state index >= 15 is 0 Å². The monoisotopic (exact) mass is 286 g/mol. The molecule has 0 amide bonds. The number of para-hydroxylation sites is 1. The van der Waals surface area contributed by atoms with E-state index in [1.54, 1.807) is 18.2 Å². The topological polar surface area (TPSA) is 66.0 Å². The molecule has 1 heterocycles. The van der Waals surface area contributed by atoms with Crippen LogP contribution in [0.3, 0.4) is 0 Å². The Morgan fingerprint density at radius 1 is 1.30 bits per heavy atom. The highest BCUT2D eigenvalue weighted by Crippen LogP contribution is 2.27. The molecule has 0 saturated heterocycles. The molecule has 0 spiro atoms. The highest BCUT2D eigenvalue weighted by Gasteiger charge is 2.14. The predicted molar refractivity (Wildman–Crippen MR) is 78.2 cm³/mol. The molecule has 100 valence electrons. The Balaban J connectivity index is 2.26. The standard InChI is InChI=1S/C15H11ClN2O2/c1-8-5-6-9(16)7-11(8)14-17-12-4-2-3-10(15(19)20)13(12)18-14/h2-7H,1H3,(H,17,18)(H,19,20). The van der Waals surface area contributed by atoms with Crippen molar-refractivity contribution < 1.29 is 9.90 Å². The number of halogens is 1. The van der Waals surface area contributed by atoms with Crippen LogP contribution in [0.4, 0.5) is 0 Å². The number of hydrogen-bond acceptors (Lipinski definition) is 2. The fourth-order valence-corrected chi connectivity index (χ4v) is 2.35. The number of H-pyrrole nitrogens is 1. The quantitative estimate of drug-likeness (QED) is 0.751. The summed E-state index contributed by atoms with van der Waals surface area (Å²) in [5.41, 5.74) is 3.22. The zero-order valence-electron chi connectivity index (χ0n) is 10.6. The number of fused-ring (bicyclic) bond motifs is 1. The Labute approximate surface area is 120 Å². The van der Waals surface area contributed by atoms with E-state index in [1.807, 2.05) is 25.1 Å². The summed E-state index contributed by atoms with van der Waals surface area (Å²) in [5.74, 6) is -0.370. The molecule has 2 N–H and O–H groups in total. The van der Waals surface area contributed by atoms with Gasteiger partial charge in [0.25, 0.3) is 0 Å². The second kappa shape index (κ2) is 4.65. The second-order valence-electron chi connectivity index (χ2n) is 4.55. The van der Waals surface area contributed by atoms with Crippen LogP contribution >= 0.6 is 11.6 Å². The molecule has 20 heavy (non-hydrogen) atoms. The number of rotatable bonds is 2. The molecular formula is C15H11ClN2O2. The van der Waals surface area contributed by atoms with Crippen molar-refractivity contribution in [2.24, 2.45) is 0 Å². The third-order valence-corrected chi connectivity index (χ3v) is 3.43. The summed E-state index contributed by atoms with van der Waals surface area (Å²) >= 11 is 6.01. The molecule has 3 rings (SSSR count). The van der Waals surface area contributed by atoms with Gasteiger partial charge in [-0.3, -0.25) is 0 Å². The van der Waals surface area contributed by atoms with Crippen LogP contribution in [0.1, 0.15) is 15.9 Å². The van der Waals surface area contributed by atoms with Gasteiger partial charge >= 0.3 is 5.97 Å². The van der Waals surface area contributed by atoms with Crippen molar-refractivity contribution in [3.8, 4) is 11.4 Å². The molecule has 3 aromatic rings. The van der Waals surface area contributed by atoms with Gasteiger partial charge in [-0.25, -0.2) is 9.78 Å². The molecule has 0 aliphatic carbocycles. The van der Waals surface area contributed by atoms with Crippen LogP contribution in [0.5, 0.6) is 0 Å². The molecule has 5 heteroatoms. The van der Waals surface area contributed by atoms with E-state index < -0.39 is 5.97 Å². The van der Waals surface area contributed by atoms with Crippen LogP contribution in [0.15, 0.2) is 36.4 Å². The van der Waals surface area contributed by atoms with E-state index in [0.717, 1.165) is 11.1 Å². The van der Waals surface area contributed by atoms with E-state index in [4.69, 9.17) is 11.6 Å². The smallest absolute Gasteiger partial charge is 0.337 e. The van der Waals surface area contributed by atoms with Crippen molar-refractivity contribution in [3.05, 3.63) is 52.5 Å². The van der Waals surface area contributed by atoms with Gasteiger partial charge in [-0.15, -0.1) is 0 Å². The lowest BCUT2D eigenvalue weighted by Crippen LogP contribution is -1.96. The lowest BCUT2D eigenvalue weighted by molar-refractivity contribution is 0.0699. The van der Waals surface area contributed by atoms with E-state index in [1.165, 1.54) is 0 Å². The zero-order valence-corrected chi connectivity index (χ0v) is 11.4. The maximum absolute atomic E-state index is 11.2. The minimum atomic E-state index is -0.989. The minimum absolute atomic E-state index is 0.185. The first kappa shape index (κ1) is 12.7. The summed E-state index contributed by atoms with van der Waals surface area (Å²) < 4.78 is 0. The first-order valence-electron chi connectivity index (χ1n) is 6.05. The predicted octanol–water partition coefficient (Wildman–Crippen LogP) is 3.89. The van der Waals surface area contributed by atoms with Gasteiger partial charge in [0.05, 0.1) is 11.1 Å². The van der Waals surface area contributed by atoms with Gasteiger partial charge in [-0.05, 0) is 36.8 Å². The first-order chi connectivity index (χ1) is 9.56. The van der Waals surface area contributed by atoms with Crippen molar-refractivity contribution in [2.75, 3.05) is 0 Å². The number of benzene rings is 2. The lowest BCUT2D eigenvalue weighted by atomic mass is 10.1. The third-order valence-electron chi connectivity index (χ3n) is 3.20. The van der Waals surface area contributed by atoms with Crippen LogP contribution in [0, 0.1) is 6.92 Å². The minimum Gasteiger partial charge on any atom is -0.478 e. The fourth-order valence-electron chi connectivity index (χ4n) is 2.18. The summed E-state index contributed by atoms with van der Waals surface area (Å²) in [6.07, 6.45) is 0. The summed E-state index contributed by atoms with van der Waals surface area (Å²) in [6, 6.07) is 10.6. The Hall–Kier alpha value is -2.33. The molecule has 0 fully saturated rings. The Bertz CT molecular complexity index is 824. The molecule has 1 aromatic heterocycles. The van der Waals surface area contributed by atoms with Crippen LogP contribution in [-0.2, 0) is 0 Å². The molecule has 0 aliphatic heterocycles. The van der Waals surface area contributed by atoms with Gasteiger partial charge in [-0.2, -0.15) is 0 Å². The molecule has 0 saturated carbocycles. The van der Waals surface area contributed by atoms with Crippen molar-refractivity contribution in [3.63, 3.8) is 0 Å². The number of aryl methyl sites for hydroxylation is 1. The molecule has 0 radical (unpaired) electrons. The number of aromatic nitrogens is 2. The molecule has 0 atom stereocenters. The molecule has 0 aliphatic rings. The first-order valence-corrected chi connectivity index (χ1v) is 6.42. The van der Waals surface area contributed by atoms with Crippen LogP contribution in [0.25, 0.3) is 22.4 Å². The number of aromatic amines is 1. The lowest BCUT2D eigenvalue weighted by Gasteiger charge is -2.02. The number of hydrogen-bond donors (Lipinski definition) is 2. The van der Waals surface area contributed by atoms with Crippen molar-refractivity contribution >= 4 is 28.6 Å². The number of imidazole rings is 1. The highest BCUT2D eigenvalue weighted by atomic mass is 35.5. The number of carboxylic acid groups (broad SMARTS) is 1. The van der Waals surface area contributed by atoms with E-state index in [2.05, 4.69) is 9.97 Å². The van der Waals surface area contributed by atoms with E-state index in [-0.39, 0.29) is 5.56 Å². The largest absolute Gasteiger partial charge is 0.478 e. The van der Waals surface area contributed by atoms with E-state index in [9.17, 15) is 9.90 Å². The molecule has 2 aromatic carbocycles. The number of nitrogens with zero attached hydrogens (tertiary/aromatic N) is 1. The third kappa shape index (κ3) is 2.04. The molecule has 0 unspecified atom stereocenters. The number of nitrogens with one attached hydrogen (secondary N) is 1. The Morgan fingerprint density at radius 2 is 2.10 bits per heavy atom. The SMILES string of the molecule is Cc1ccc(Cl)cc1-c1nc2c(C(=O)O)cccc2[nH]1. The average molecular weight is 287 g/mol. The molecule has 4 nitrogen and oxygen atoms in total. The van der Waals surface area contributed by atoms with Gasteiger partial charge in [0, 0.05) is 10.6 Å². The van der Waals surface area contributed by atoms with Crippen molar-refractivity contribution in [1.82, 2.24) is 9.97 Å². The molecule has 0 bridgehead atoms. The summed E-state index contributed by atoms with van der Waals surface area (Å²) in [7, 11) is 0. The van der Waals surface area contributed by atoms with Gasteiger partial charge in [-0.1, -0.05) is 23.7 Å². The maximum Gasteiger partial charge on any atom is 0.337 e. The average Bonchev–Trinajstić information content (AvgIpc) is 2.84. The van der Waals surface area contributed by atoms with Crippen molar-refractivity contribution in [2.45, 2.75) is 6.92 Å². The number of carbonyl (C=O) groups is 1. The highest BCUT2D eigenvalue weighted by molar-refractivity contribution is 6.30. The zero-order chi connectivity index (χ0) is 14.3. The fraction of sp³-hybridized carbons (Fsp3) is 0.0667. The van der Waals surface area contributed by atoms with E-state index in [0.29, 0.717) is 21.9 Å². The maximum atomic E-state index is 11.2. The van der Waals surface area contributed by atoms with Gasteiger partial charge in [0.2, 0.25) is 0 Å². The van der Waals surface area contributed by atoms with Crippen molar-refractivity contribution in [1.29, 1.82) is 0 Å². The summed E-state index contributed by atoms with van der Waals surface area (Å²) in [5, 5.41) is 9.80. The van der Waals surface area contributed by atoms with Gasteiger partial charge in [0.1, 0.15) is 11.3 Å². The number of aromatic carboxylic acids is 1. The van der Waals surface area contributed by atoms with Crippen LogP contribution in [0.2, 0.25) is 5.02 Å². The Kier molecular flexibility index (Phi) is 2.95. The second-order valence-corrected chi connectivity index (χ2v) is 4.99.